The Morgan fingerprint density at radius 1 is 0.508 bits per heavy atom. The Kier molecular flexibility index (Phi) is 10.3. The summed E-state index contributed by atoms with van der Waals surface area (Å²) in [5, 5.41) is 8.72. The molecule has 2 amide bonds. The van der Waals surface area contributed by atoms with Gasteiger partial charge in [-0.15, -0.1) is 0 Å². The van der Waals surface area contributed by atoms with E-state index in [0.29, 0.717) is 11.1 Å². The fourth-order valence-corrected chi connectivity index (χ4v) is 12.1. The van der Waals surface area contributed by atoms with Gasteiger partial charge in [-0.3, -0.25) is 9.59 Å². The molecule has 0 radical (unpaired) electrons. The number of benzene rings is 8. The van der Waals surface area contributed by atoms with Gasteiger partial charge in [0.1, 0.15) is 0 Å². The molecule has 0 aromatic heterocycles. The summed E-state index contributed by atoms with van der Waals surface area (Å²) in [6.45, 7) is 15.2. The van der Waals surface area contributed by atoms with Gasteiger partial charge in [0, 0.05) is 30.9 Å². The molecule has 0 atom stereocenters. The fourth-order valence-electron chi connectivity index (χ4n) is 11.4. The molecule has 5 heteroatoms. The highest BCUT2D eigenvalue weighted by Crippen LogP contribution is 2.56. The average molecular weight is 958 g/mol. The summed E-state index contributed by atoms with van der Waals surface area (Å²) in [5.41, 5.74) is 9.87. The van der Waals surface area contributed by atoms with Crippen LogP contribution in [-0.2, 0) is 22.7 Å². The first-order chi connectivity index (χ1) is 30.1. The van der Waals surface area contributed by atoms with Crippen molar-refractivity contribution in [2.75, 3.05) is 4.90 Å². The van der Waals surface area contributed by atoms with Crippen LogP contribution in [0.3, 0.4) is 0 Å². The SMILES string of the molecule is CCCCCCCCC1(Cc2ccc3c4ccc5c6c(ccc(c7cccc2c73)c64)C(=O)N(c2c(C(C)(C)C)cccc2C(C)(C)C)C5=O)c2cc(Br)ccc2-c2ccc(Br)cc21. The Morgan fingerprint density at radius 3 is 1.56 bits per heavy atom. The topological polar surface area (TPSA) is 37.4 Å². The second-order valence-corrected chi connectivity index (χ2v) is 22.2. The van der Waals surface area contributed by atoms with Crippen molar-refractivity contribution in [3.63, 3.8) is 0 Å². The van der Waals surface area contributed by atoms with E-state index in [2.05, 4.69) is 177 Å². The highest BCUT2D eigenvalue weighted by atomic mass is 79.9. The first-order valence-corrected chi connectivity index (χ1v) is 24.5. The van der Waals surface area contributed by atoms with Gasteiger partial charge >= 0.3 is 0 Å². The van der Waals surface area contributed by atoms with Crippen LogP contribution in [0.15, 0.2) is 118 Å². The Hall–Kier alpha value is -4.84. The van der Waals surface area contributed by atoms with E-state index in [1.807, 2.05) is 12.1 Å². The summed E-state index contributed by atoms with van der Waals surface area (Å²) in [5.74, 6) is -0.521. The zero-order valence-electron chi connectivity index (χ0n) is 37.6. The van der Waals surface area contributed by atoms with E-state index in [1.54, 1.807) is 0 Å². The lowest BCUT2D eigenvalue weighted by molar-refractivity contribution is 0.0892. The normalized spacial score (nSPS) is 14.8. The number of imide groups is 1. The summed E-state index contributed by atoms with van der Waals surface area (Å²) >= 11 is 7.77. The van der Waals surface area contributed by atoms with Crippen LogP contribution in [0, 0.1) is 0 Å². The molecule has 8 aromatic rings. The molecule has 0 spiro atoms. The third kappa shape index (κ3) is 6.61. The molecule has 0 N–H and O–H groups in total. The minimum Gasteiger partial charge on any atom is -0.268 e. The van der Waals surface area contributed by atoms with Crippen molar-refractivity contribution in [1.82, 2.24) is 0 Å². The van der Waals surface area contributed by atoms with Gasteiger partial charge in [0.05, 0.1) is 5.69 Å². The molecule has 3 nitrogen and oxygen atoms in total. The molecule has 0 bridgehead atoms. The van der Waals surface area contributed by atoms with Crippen molar-refractivity contribution in [2.24, 2.45) is 0 Å². The first kappa shape index (κ1) is 42.1. The molecule has 10 rings (SSSR count). The minimum absolute atomic E-state index is 0.207. The van der Waals surface area contributed by atoms with E-state index in [4.69, 9.17) is 0 Å². The molecule has 1 heterocycles. The van der Waals surface area contributed by atoms with Crippen LogP contribution in [0.25, 0.3) is 54.2 Å². The summed E-state index contributed by atoms with van der Waals surface area (Å²) < 4.78 is 2.23. The van der Waals surface area contributed by atoms with Crippen LogP contribution in [-0.4, -0.2) is 11.8 Å². The second-order valence-electron chi connectivity index (χ2n) is 20.4. The van der Waals surface area contributed by atoms with Crippen LogP contribution in [0.5, 0.6) is 0 Å². The molecule has 318 valence electrons. The number of anilines is 1. The molecule has 1 aliphatic carbocycles. The van der Waals surface area contributed by atoms with E-state index < -0.39 is 0 Å². The number of hydrogen-bond acceptors (Lipinski definition) is 2. The molecule has 0 fully saturated rings. The number of halogens is 2. The van der Waals surface area contributed by atoms with Gasteiger partial charge in [0.15, 0.2) is 0 Å². The summed E-state index contributed by atoms with van der Waals surface area (Å²) in [6.07, 6.45) is 9.45. The van der Waals surface area contributed by atoms with Crippen LogP contribution >= 0.6 is 31.9 Å². The lowest BCUT2D eigenvalue weighted by Crippen LogP contribution is -2.43. The van der Waals surface area contributed by atoms with Crippen molar-refractivity contribution in [3.05, 3.63) is 157 Å². The average Bonchev–Trinajstić information content (AvgIpc) is 3.50. The molecule has 2 aliphatic rings. The highest BCUT2D eigenvalue weighted by Gasteiger charge is 2.44. The predicted octanol–water partition coefficient (Wildman–Crippen LogP) is 16.9. The Morgan fingerprint density at radius 2 is 0.984 bits per heavy atom. The molecular weight excluding hydrogens is 902 g/mol. The number of amides is 2. The van der Waals surface area contributed by atoms with Gasteiger partial charge in [0.25, 0.3) is 11.8 Å². The lowest BCUT2D eigenvalue weighted by atomic mass is 9.69. The van der Waals surface area contributed by atoms with E-state index in [-0.39, 0.29) is 28.1 Å². The maximum Gasteiger partial charge on any atom is 0.266 e. The first-order valence-electron chi connectivity index (χ1n) is 22.9. The second kappa shape index (κ2) is 15.4. The van der Waals surface area contributed by atoms with E-state index in [9.17, 15) is 0 Å². The van der Waals surface area contributed by atoms with Crippen molar-refractivity contribution in [1.29, 1.82) is 0 Å². The number of rotatable bonds is 10. The number of para-hydroxylation sites is 1. The predicted molar refractivity (Wildman–Crippen MR) is 272 cm³/mol. The highest BCUT2D eigenvalue weighted by molar-refractivity contribution is 9.10. The Labute approximate surface area is 388 Å². The Bertz CT molecular complexity index is 3030. The zero-order valence-corrected chi connectivity index (χ0v) is 40.7. The Balaban J connectivity index is 1.15. The maximum atomic E-state index is 15.0. The molecule has 1 aliphatic heterocycles. The van der Waals surface area contributed by atoms with E-state index >= 15 is 9.59 Å². The quantitative estimate of drug-likeness (QED) is 0.0593. The van der Waals surface area contributed by atoms with E-state index in [0.717, 1.165) is 77.3 Å². The summed E-state index contributed by atoms with van der Waals surface area (Å²) in [7, 11) is 0. The van der Waals surface area contributed by atoms with Gasteiger partial charge in [-0.25, -0.2) is 4.90 Å². The van der Waals surface area contributed by atoms with Crippen LogP contribution in [0.1, 0.15) is 142 Å². The molecule has 8 aromatic carbocycles. The number of nitrogens with zero attached hydrogens (tertiary/aromatic N) is 1. The smallest absolute Gasteiger partial charge is 0.266 e. The summed E-state index contributed by atoms with van der Waals surface area (Å²) in [6, 6.07) is 39.6. The zero-order chi connectivity index (χ0) is 44.2. The van der Waals surface area contributed by atoms with Crippen molar-refractivity contribution >= 4 is 92.5 Å². The number of fused-ring (bicyclic) bond motifs is 5. The van der Waals surface area contributed by atoms with Crippen LogP contribution in [0.2, 0.25) is 0 Å². The molecule has 0 saturated carbocycles. The van der Waals surface area contributed by atoms with Crippen LogP contribution < -0.4 is 4.90 Å². The largest absolute Gasteiger partial charge is 0.268 e. The molecular formula is C58H55Br2NO2. The fraction of sp³-hybridized carbons (Fsp3) is 0.310. The standard InChI is InChI=1S/C58H55Br2NO2/c1-8-9-10-11-12-13-30-58(48-31-35(59)21-24-38(48)39-25-22-36(60)32-49(39)58)33-34-20-23-41-43-27-29-45-52-44(28-26-42(51(43)52)40-17-14-16-37(34)50(40)41)54(62)61(55(45)63)53-46(56(2,3)4)18-15-19-47(53)57(5,6)7/h14-29,31-32H,8-13,30,33H2,1-7H3. The molecule has 0 unspecified atom stereocenters. The molecule has 0 saturated heterocycles. The number of carbonyl (C=O) groups excluding carboxylic acids is 2. The monoisotopic (exact) mass is 955 g/mol. The van der Waals surface area contributed by atoms with Crippen molar-refractivity contribution < 1.29 is 9.59 Å². The van der Waals surface area contributed by atoms with Gasteiger partial charge in [0.2, 0.25) is 0 Å². The van der Waals surface area contributed by atoms with Crippen molar-refractivity contribution in [3.8, 4) is 11.1 Å². The van der Waals surface area contributed by atoms with Gasteiger partial charge in [-0.2, -0.15) is 0 Å². The third-order valence-corrected chi connectivity index (χ3v) is 15.3. The number of unbranched alkanes of at least 4 members (excludes halogenated alkanes) is 5. The lowest BCUT2D eigenvalue weighted by Gasteiger charge is -2.36. The summed E-state index contributed by atoms with van der Waals surface area (Å²) in [4.78, 5) is 31.6. The van der Waals surface area contributed by atoms with Gasteiger partial charge in [-0.1, -0.05) is 192 Å². The van der Waals surface area contributed by atoms with E-state index in [1.165, 1.54) is 75.6 Å². The van der Waals surface area contributed by atoms with Gasteiger partial charge in [-0.05, 0) is 137 Å². The van der Waals surface area contributed by atoms with Gasteiger partial charge < -0.3 is 0 Å². The minimum atomic E-state index is -0.297. The maximum absolute atomic E-state index is 15.0. The third-order valence-electron chi connectivity index (χ3n) is 14.3. The number of carbonyl (C=O) groups is 2. The van der Waals surface area contributed by atoms with Crippen molar-refractivity contribution in [2.45, 2.75) is 116 Å². The molecule has 63 heavy (non-hydrogen) atoms. The van der Waals surface area contributed by atoms with Crippen LogP contribution in [0.4, 0.5) is 5.69 Å². The number of hydrogen-bond donors (Lipinski definition) is 0.